The van der Waals surface area contributed by atoms with E-state index in [0.717, 1.165) is 24.8 Å². The molecule has 1 aromatic carbocycles. The first-order valence-electron chi connectivity index (χ1n) is 6.64. The van der Waals surface area contributed by atoms with E-state index in [1.165, 1.54) is 6.26 Å². The summed E-state index contributed by atoms with van der Waals surface area (Å²) >= 11 is 0. The van der Waals surface area contributed by atoms with E-state index in [9.17, 15) is 8.42 Å². The van der Waals surface area contributed by atoms with Crippen LogP contribution in [0, 0.1) is 5.92 Å². The number of hydrazine groups is 1. The average molecular weight is 284 g/mol. The van der Waals surface area contributed by atoms with Crippen molar-refractivity contribution in [2.45, 2.75) is 44.0 Å². The quantitative estimate of drug-likeness (QED) is 0.596. The molecule has 0 spiro atoms. The monoisotopic (exact) mass is 284 g/mol. The lowest BCUT2D eigenvalue weighted by atomic mass is 9.93. The van der Waals surface area contributed by atoms with Gasteiger partial charge in [0.05, 0.1) is 4.90 Å². The molecule has 19 heavy (non-hydrogen) atoms. The average Bonchev–Trinajstić information content (AvgIpc) is 2.35. The van der Waals surface area contributed by atoms with Crippen LogP contribution < -0.4 is 11.3 Å². The predicted molar refractivity (Wildman–Crippen MR) is 78.3 cm³/mol. The number of rotatable bonds is 7. The molecule has 108 valence electrons. The third kappa shape index (κ3) is 4.93. The second-order valence-electron chi connectivity index (χ2n) is 5.19. The van der Waals surface area contributed by atoms with E-state index >= 15 is 0 Å². The molecular weight excluding hydrogens is 260 g/mol. The van der Waals surface area contributed by atoms with Gasteiger partial charge in [0.1, 0.15) is 0 Å². The van der Waals surface area contributed by atoms with Crippen molar-refractivity contribution in [3.63, 3.8) is 0 Å². The largest absolute Gasteiger partial charge is 0.271 e. The maximum absolute atomic E-state index is 11.6. The maximum Gasteiger partial charge on any atom is 0.175 e. The highest BCUT2D eigenvalue weighted by molar-refractivity contribution is 7.90. The minimum atomic E-state index is -3.17. The van der Waals surface area contributed by atoms with E-state index in [-0.39, 0.29) is 6.04 Å². The maximum atomic E-state index is 11.6. The molecule has 3 N–H and O–H groups in total. The number of hydrogen-bond donors (Lipinski definition) is 2. The summed E-state index contributed by atoms with van der Waals surface area (Å²) in [5.41, 5.74) is 3.72. The van der Waals surface area contributed by atoms with Gasteiger partial charge in [-0.05, 0) is 30.0 Å². The van der Waals surface area contributed by atoms with Gasteiger partial charge in [-0.15, -0.1) is 0 Å². The van der Waals surface area contributed by atoms with Crippen LogP contribution in [0.25, 0.3) is 0 Å². The molecule has 2 unspecified atom stereocenters. The summed E-state index contributed by atoms with van der Waals surface area (Å²) in [7, 11) is -3.17. The molecule has 1 aromatic rings. The smallest absolute Gasteiger partial charge is 0.175 e. The molecule has 0 aliphatic carbocycles. The number of hydrogen-bond acceptors (Lipinski definition) is 4. The van der Waals surface area contributed by atoms with Gasteiger partial charge in [-0.25, -0.2) is 8.42 Å². The number of sulfone groups is 1. The molecule has 0 heterocycles. The predicted octanol–water partition coefficient (Wildman–Crippen LogP) is 2.42. The Hall–Kier alpha value is -0.910. The lowest BCUT2D eigenvalue weighted by Gasteiger charge is -2.21. The van der Waals surface area contributed by atoms with Gasteiger partial charge >= 0.3 is 0 Å². The Morgan fingerprint density at radius 2 is 2.05 bits per heavy atom. The Bertz CT molecular complexity index is 500. The SMILES string of the molecule is CCCC(C)CC(NN)c1cccc(S(C)(=O)=O)c1. The van der Waals surface area contributed by atoms with Gasteiger partial charge in [-0.1, -0.05) is 38.8 Å². The topological polar surface area (TPSA) is 72.2 Å². The van der Waals surface area contributed by atoms with Gasteiger partial charge in [0, 0.05) is 12.3 Å². The Kier molecular flexibility index (Phi) is 5.97. The van der Waals surface area contributed by atoms with Crippen LogP contribution in [0.15, 0.2) is 29.2 Å². The fourth-order valence-corrected chi connectivity index (χ4v) is 2.95. The van der Waals surface area contributed by atoms with Gasteiger partial charge in [-0.3, -0.25) is 11.3 Å². The van der Waals surface area contributed by atoms with Crippen molar-refractivity contribution in [3.8, 4) is 0 Å². The Morgan fingerprint density at radius 3 is 2.58 bits per heavy atom. The lowest BCUT2D eigenvalue weighted by Crippen LogP contribution is -2.29. The fraction of sp³-hybridized carbons (Fsp3) is 0.571. The van der Waals surface area contributed by atoms with Crippen LogP contribution >= 0.6 is 0 Å². The van der Waals surface area contributed by atoms with Crippen LogP contribution in [-0.4, -0.2) is 14.7 Å². The molecule has 0 bridgehead atoms. The molecule has 0 fully saturated rings. The van der Waals surface area contributed by atoms with Crippen molar-refractivity contribution in [3.05, 3.63) is 29.8 Å². The van der Waals surface area contributed by atoms with E-state index in [2.05, 4.69) is 19.3 Å². The zero-order valence-electron chi connectivity index (χ0n) is 11.9. The van der Waals surface area contributed by atoms with Crippen LogP contribution in [0.3, 0.4) is 0 Å². The van der Waals surface area contributed by atoms with Crippen LogP contribution in [0.1, 0.15) is 44.7 Å². The first kappa shape index (κ1) is 16.1. The summed E-state index contributed by atoms with van der Waals surface area (Å²) in [4.78, 5) is 0.341. The highest BCUT2D eigenvalue weighted by atomic mass is 32.2. The summed E-state index contributed by atoms with van der Waals surface area (Å²) in [6.45, 7) is 4.35. The second-order valence-corrected chi connectivity index (χ2v) is 7.21. The number of nitrogens with two attached hydrogens (primary N) is 1. The summed E-state index contributed by atoms with van der Waals surface area (Å²) in [5, 5.41) is 0. The molecule has 2 atom stereocenters. The minimum absolute atomic E-state index is 0.0109. The van der Waals surface area contributed by atoms with Crippen LogP contribution in [-0.2, 0) is 9.84 Å². The molecule has 0 aromatic heterocycles. The van der Waals surface area contributed by atoms with Crippen LogP contribution in [0.2, 0.25) is 0 Å². The Labute approximate surface area is 116 Å². The fourth-order valence-electron chi connectivity index (χ4n) is 2.28. The lowest BCUT2D eigenvalue weighted by molar-refractivity contribution is 0.394. The van der Waals surface area contributed by atoms with E-state index < -0.39 is 9.84 Å². The third-order valence-electron chi connectivity index (χ3n) is 3.31. The van der Waals surface area contributed by atoms with E-state index in [1.54, 1.807) is 18.2 Å². The summed E-state index contributed by atoms with van der Waals surface area (Å²) in [6, 6.07) is 6.99. The molecule has 4 nitrogen and oxygen atoms in total. The van der Waals surface area contributed by atoms with Crippen molar-refractivity contribution in [1.82, 2.24) is 5.43 Å². The van der Waals surface area contributed by atoms with Crippen molar-refractivity contribution < 1.29 is 8.42 Å². The summed E-state index contributed by atoms with van der Waals surface area (Å²) < 4.78 is 23.1. The highest BCUT2D eigenvalue weighted by Crippen LogP contribution is 2.25. The normalized spacial score (nSPS) is 15.2. The number of benzene rings is 1. The first-order chi connectivity index (χ1) is 8.88. The first-order valence-corrected chi connectivity index (χ1v) is 8.53. The van der Waals surface area contributed by atoms with Gasteiger partial charge < -0.3 is 0 Å². The standard InChI is InChI=1S/C14H24N2O2S/c1-4-6-11(2)9-14(16-15)12-7-5-8-13(10-12)19(3,17)18/h5,7-8,10-11,14,16H,4,6,9,15H2,1-3H3. The number of nitrogens with one attached hydrogen (secondary N) is 1. The Morgan fingerprint density at radius 1 is 1.37 bits per heavy atom. The van der Waals surface area contributed by atoms with Crippen molar-refractivity contribution in [2.75, 3.05) is 6.26 Å². The zero-order chi connectivity index (χ0) is 14.5. The molecule has 0 amide bonds. The van der Waals surface area contributed by atoms with Crippen LogP contribution in [0.4, 0.5) is 0 Å². The molecule has 5 heteroatoms. The highest BCUT2D eigenvalue weighted by Gasteiger charge is 2.16. The molecular formula is C14H24N2O2S. The van der Waals surface area contributed by atoms with Crippen molar-refractivity contribution in [2.24, 2.45) is 11.8 Å². The van der Waals surface area contributed by atoms with Crippen molar-refractivity contribution >= 4 is 9.84 Å². The van der Waals surface area contributed by atoms with Crippen LogP contribution in [0.5, 0.6) is 0 Å². The van der Waals surface area contributed by atoms with E-state index in [0.29, 0.717) is 10.8 Å². The van der Waals surface area contributed by atoms with Gasteiger partial charge in [-0.2, -0.15) is 0 Å². The van der Waals surface area contributed by atoms with E-state index in [1.807, 2.05) is 6.07 Å². The molecule has 1 rings (SSSR count). The summed E-state index contributed by atoms with van der Waals surface area (Å²) in [6.07, 6.45) is 4.40. The Balaban J connectivity index is 2.93. The third-order valence-corrected chi connectivity index (χ3v) is 4.42. The zero-order valence-corrected chi connectivity index (χ0v) is 12.7. The molecule has 0 aliphatic heterocycles. The van der Waals surface area contributed by atoms with E-state index in [4.69, 9.17) is 5.84 Å². The molecule has 0 aliphatic rings. The molecule has 0 radical (unpaired) electrons. The van der Waals surface area contributed by atoms with Crippen molar-refractivity contribution in [1.29, 1.82) is 0 Å². The minimum Gasteiger partial charge on any atom is -0.271 e. The molecule has 0 saturated carbocycles. The molecule has 0 saturated heterocycles. The second kappa shape index (κ2) is 7.03. The summed E-state index contributed by atoms with van der Waals surface area (Å²) in [5.74, 6) is 6.16. The van der Waals surface area contributed by atoms with Gasteiger partial charge in [0.15, 0.2) is 9.84 Å². The van der Waals surface area contributed by atoms with Gasteiger partial charge in [0.2, 0.25) is 0 Å². The van der Waals surface area contributed by atoms with Gasteiger partial charge in [0.25, 0.3) is 0 Å².